The first-order valence-corrected chi connectivity index (χ1v) is 12.7. The van der Waals surface area contributed by atoms with Crippen LogP contribution in [0.25, 0.3) is 0 Å². The zero-order chi connectivity index (χ0) is 25.9. The van der Waals surface area contributed by atoms with Gasteiger partial charge in [0.2, 0.25) is 5.91 Å². The van der Waals surface area contributed by atoms with Crippen molar-refractivity contribution in [1.29, 1.82) is 0 Å². The van der Waals surface area contributed by atoms with E-state index >= 15 is 0 Å². The molecule has 2 heterocycles. The normalized spacial score (nSPS) is 19.0. The number of carbonyl (C=O) groups is 2. The van der Waals surface area contributed by atoms with E-state index < -0.39 is 17.2 Å². The number of aliphatic imine (C=N–C) groups is 1. The molecule has 3 aromatic rings. The van der Waals surface area contributed by atoms with Gasteiger partial charge in [0.05, 0.1) is 18.9 Å². The molecule has 0 aromatic heterocycles. The number of hydrogen-bond donors (Lipinski definition) is 1. The van der Waals surface area contributed by atoms with Crippen molar-refractivity contribution in [2.24, 2.45) is 10.1 Å². The number of benzene rings is 3. The van der Waals surface area contributed by atoms with Gasteiger partial charge in [-0.3, -0.25) is 9.59 Å². The number of hydrazone groups is 1. The van der Waals surface area contributed by atoms with Crippen molar-refractivity contribution < 1.29 is 18.7 Å². The summed E-state index contributed by atoms with van der Waals surface area (Å²) < 4.78 is 20.1. The average molecular weight is 517 g/mol. The van der Waals surface area contributed by atoms with E-state index in [1.54, 1.807) is 30.3 Å². The lowest BCUT2D eigenvalue weighted by atomic mass is 9.98. The molecular weight excluding hydrogens is 491 g/mol. The predicted molar refractivity (Wildman–Crippen MR) is 143 cm³/mol. The molecule has 2 aliphatic rings. The highest BCUT2D eigenvalue weighted by atomic mass is 32.2. The lowest BCUT2D eigenvalue weighted by Crippen LogP contribution is -2.25. The summed E-state index contributed by atoms with van der Waals surface area (Å²) in [5.41, 5.74) is 3.83. The Morgan fingerprint density at radius 1 is 1.11 bits per heavy atom. The summed E-state index contributed by atoms with van der Waals surface area (Å²) in [5.74, 6) is -0.314. The van der Waals surface area contributed by atoms with Crippen LogP contribution in [0, 0.1) is 12.7 Å². The first-order chi connectivity index (χ1) is 17.9. The van der Waals surface area contributed by atoms with E-state index in [-0.39, 0.29) is 18.1 Å². The van der Waals surface area contributed by atoms with E-state index in [0.717, 1.165) is 22.6 Å². The zero-order valence-corrected chi connectivity index (χ0v) is 21.2. The summed E-state index contributed by atoms with van der Waals surface area (Å²) in [7, 11) is 1.60. The number of amides is 2. The quantitative estimate of drug-likeness (QED) is 0.480. The monoisotopic (exact) mass is 516 g/mol. The van der Waals surface area contributed by atoms with Crippen molar-refractivity contribution in [2.45, 2.75) is 31.1 Å². The predicted octanol–water partition coefficient (Wildman–Crippen LogP) is 5.32. The molecule has 0 unspecified atom stereocenters. The Balaban J connectivity index is 1.36. The summed E-state index contributed by atoms with van der Waals surface area (Å²) >= 11 is 1.18. The maximum absolute atomic E-state index is 14.8. The van der Waals surface area contributed by atoms with Crippen LogP contribution in [0.15, 0.2) is 82.9 Å². The van der Waals surface area contributed by atoms with Crippen LogP contribution in [0.2, 0.25) is 0 Å². The number of anilines is 1. The molecular formula is C28H25FN4O3S. The minimum Gasteiger partial charge on any atom is -0.497 e. The number of ether oxygens (including phenoxy) is 1. The van der Waals surface area contributed by atoms with E-state index in [4.69, 9.17) is 9.84 Å². The summed E-state index contributed by atoms with van der Waals surface area (Å²) in [5, 5.41) is 8.87. The van der Waals surface area contributed by atoms with Gasteiger partial charge >= 0.3 is 0 Å². The Hall–Kier alpha value is -3.98. The van der Waals surface area contributed by atoms with E-state index in [0.29, 0.717) is 22.8 Å². The van der Waals surface area contributed by atoms with Crippen LogP contribution < -0.4 is 10.1 Å². The molecule has 188 valence electrons. The van der Waals surface area contributed by atoms with Gasteiger partial charge < -0.3 is 10.1 Å². The van der Waals surface area contributed by atoms with Gasteiger partial charge in [0.25, 0.3) is 5.91 Å². The van der Waals surface area contributed by atoms with Crippen molar-refractivity contribution in [1.82, 2.24) is 5.01 Å². The number of halogens is 1. The second-order valence-electron chi connectivity index (χ2n) is 8.82. The summed E-state index contributed by atoms with van der Waals surface area (Å²) in [6, 6.07) is 21.0. The van der Waals surface area contributed by atoms with Gasteiger partial charge in [-0.25, -0.2) is 9.40 Å². The number of hydrogen-bond acceptors (Lipinski definition) is 6. The van der Waals surface area contributed by atoms with Crippen LogP contribution in [-0.4, -0.2) is 40.1 Å². The number of rotatable bonds is 6. The third-order valence-electron chi connectivity index (χ3n) is 6.23. The fraction of sp³-hybridized carbons (Fsp3) is 0.214. The van der Waals surface area contributed by atoms with Crippen LogP contribution in [0.5, 0.6) is 5.75 Å². The maximum Gasteiger partial charge on any atom is 0.262 e. The number of nitrogens with zero attached hydrogens (tertiary/aromatic N) is 3. The van der Waals surface area contributed by atoms with Gasteiger partial charge in [-0.1, -0.05) is 47.7 Å². The largest absolute Gasteiger partial charge is 0.497 e. The van der Waals surface area contributed by atoms with E-state index in [1.165, 1.54) is 17.8 Å². The molecule has 2 aliphatic heterocycles. The molecule has 0 fully saturated rings. The average Bonchev–Trinajstić information content (AvgIpc) is 3.49. The van der Waals surface area contributed by atoms with Crippen LogP contribution in [0.1, 0.15) is 35.6 Å². The molecule has 9 heteroatoms. The minimum atomic E-state index is -0.679. The highest BCUT2D eigenvalue weighted by Gasteiger charge is 2.39. The Morgan fingerprint density at radius 2 is 1.84 bits per heavy atom. The maximum atomic E-state index is 14.8. The van der Waals surface area contributed by atoms with E-state index in [2.05, 4.69) is 10.3 Å². The molecule has 2 amide bonds. The molecule has 3 aromatic carbocycles. The molecule has 1 N–H and O–H groups in total. The second kappa shape index (κ2) is 10.6. The van der Waals surface area contributed by atoms with Gasteiger partial charge in [-0.05, 0) is 55.0 Å². The smallest absolute Gasteiger partial charge is 0.262 e. The molecule has 0 saturated carbocycles. The first kappa shape index (κ1) is 24.7. The van der Waals surface area contributed by atoms with E-state index in [1.807, 2.05) is 55.5 Å². The second-order valence-corrected chi connectivity index (χ2v) is 9.99. The van der Waals surface area contributed by atoms with Crippen LogP contribution >= 0.6 is 11.8 Å². The number of methoxy groups -OCH3 is 1. The molecule has 37 heavy (non-hydrogen) atoms. The molecule has 0 radical (unpaired) electrons. The number of carbonyl (C=O) groups excluding carboxylic acids is 2. The molecule has 0 bridgehead atoms. The highest BCUT2D eigenvalue weighted by Crippen LogP contribution is 2.39. The SMILES string of the molecule is COc1ccc(C2=NN(C3=NC(=O)[C@H](CC(=O)Nc4ccc(C)cc4)S3)[C@@H](c3ccccc3F)C2)cc1. The summed E-state index contributed by atoms with van der Waals surface area (Å²) in [6.07, 6.45) is 0.400. The first-order valence-electron chi connectivity index (χ1n) is 11.8. The Morgan fingerprint density at radius 3 is 2.54 bits per heavy atom. The number of aryl methyl sites for hydroxylation is 1. The van der Waals surface area contributed by atoms with Crippen molar-refractivity contribution in [2.75, 3.05) is 12.4 Å². The molecule has 5 rings (SSSR count). The molecule has 0 spiro atoms. The Labute approximate surface area is 218 Å². The van der Waals surface area contributed by atoms with Gasteiger partial charge in [0.15, 0.2) is 5.17 Å². The zero-order valence-electron chi connectivity index (χ0n) is 20.3. The molecule has 0 saturated heterocycles. The third-order valence-corrected chi connectivity index (χ3v) is 7.37. The van der Waals surface area contributed by atoms with Crippen molar-refractivity contribution in [3.8, 4) is 5.75 Å². The van der Waals surface area contributed by atoms with Gasteiger partial charge in [0, 0.05) is 24.1 Å². The van der Waals surface area contributed by atoms with Crippen molar-refractivity contribution in [3.63, 3.8) is 0 Å². The molecule has 2 atom stereocenters. The fourth-order valence-electron chi connectivity index (χ4n) is 4.25. The number of nitrogens with one attached hydrogen (secondary N) is 1. The van der Waals surface area contributed by atoms with Crippen LogP contribution in [-0.2, 0) is 9.59 Å². The summed E-state index contributed by atoms with van der Waals surface area (Å²) in [6.45, 7) is 1.97. The van der Waals surface area contributed by atoms with Crippen LogP contribution in [0.4, 0.5) is 10.1 Å². The summed E-state index contributed by atoms with van der Waals surface area (Å²) in [4.78, 5) is 29.6. The Bertz CT molecular complexity index is 1390. The van der Waals surface area contributed by atoms with Crippen molar-refractivity contribution >= 4 is 40.1 Å². The standard InChI is InChI=1S/C28H25FN4O3S/c1-17-7-11-19(12-8-17)30-26(34)16-25-27(35)31-28(37-25)33-24(21-5-3-4-6-22(21)29)15-23(32-33)18-9-13-20(36-2)14-10-18/h3-14,24-25H,15-16H2,1-2H3,(H,30,34)/t24-,25+/m1/s1. The minimum absolute atomic E-state index is 0.0301. The number of thioether (sulfide) groups is 1. The van der Waals surface area contributed by atoms with Gasteiger partial charge in [-0.15, -0.1) is 0 Å². The Kier molecular flexibility index (Phi) is 7.05. The highest BCUT2D eigenvalue weighted by molar-refractivity contribution is 8.15. The molecule has 7 nitrogen and oxygen atoms in total. The van der Waals surface area contributed by atoms with Crippen molar-refractivity contribution in [3.05, 3.63) is 95.3 Å². The molecule has 0 aliphatic carbocycles. The topological polar surface area (TPSA) is 83.4 Å². The lowest BCUT2D eigenvalue weighted by molar-refractivity contribution is -0.121. The van der Waals surface area contributed by atoms with E-state index in [9.17, 15) is 14.0 Å². The van der Waals surface area contributed by atoms with Crippen LogP contribution in [0.3, 0.4) is 0 Å². The lowest BCUT2D eigenvalue weighted by Gasteiger charge is -2.23. The number of amidine groups is 1. The van der Waals surface area contributed by atoms with Gasteiger partial charge in [0.1, 0.15) is 16.8 Å². The third kappa shape index (κ3) is 5.41. The van der Waals surface area contributed by atoms with Gasteiger partial charge in [-0.2, -0.15) is 10.1 Å². The fourth-order valence-corrected chi connectivity index (χ4v) is 5.32.